The molecule has 8 nitrogen and oxygen atoms in total. The molecule has 1 rings (SSSR count). The molecule has 0 unspecified atom stereocenters. The number of nitrogens with one attached hydrogen (secondary N) is 1. The molecule has 1 aromatic carbocycles. The lowest BCUT2D eigenvalue weighted by molar-refractivity contribution is -0.393. The van der Waals surface area contributed by atoms with Gasteiger partial charge in [-0.3, -0.25) is 25.7 Å². The van der Waals surface area contributed by atoms with Crippen molar-refractivity contribution in [3.8, 4) is 0 Å². The van der Waals surface area contributed by atoms with E-state index < -0.39 is 20.4 Å². The lowest BCUT2D eigenvalue weighted by Gasteiger charge is -2.01. The summed E-state index contributed by atoms with van der Waals surface area (Å²) in [6.07, 6.45) is 1.11. The van der Waals surface area contributed by atoms with Gasteiger partial charge in [-0.25, -0.2) is 0 Å². The van der Waals surface area contributed by atoms with Gasteiger partial charge in [0.05, 0.1) is 22.1 Å². The summed E-state index contributed by atoms with van der Waals surface area (Å²) in [7, 11) is 0. The van der Waals surface area contributed by atoms with Crippen LogP contribution in [-0.4, -0.2) is 20.9 Å². The van der Waals surface area contributed by atoms with Gasteiger partial charge in [-0.2, -0.15) is 5.10 Å². The first kappa shape index (κ1) is 14.1. The zero-order valence-corrected chi connectivity index (χ0v) is 10.1. The largest absolute Gasteiger partial charge is 0.301 e. The van der Waals surface area contributed by atoms with Crippen molar-refractivity contribution in [2.75, 3.05) is 5.43 Å². The summed E-state index contributed by atoms with van der Waals surface area (Å²) < 4.78 is 0. The first-order valence-corrected chi connectivity index (χ1v) is 5.29. The molecule has 0 amide bonds. The molecule has 18 heavy (non-hydrogen) atoms. The van der Waals surface area contributed by atoms with Crippen LogP contribution in [0.4, 0.5) is 17.1 Å². The molecule has 0 atom stereocenters. The van der Waals surface area contributed by atoms with Crippen LogP contribution in [0.2, 0.25) is 0 Å². The molecule has 1 N–H and O–H groups in total. The zero-order chi connectivity index (χ0) is 13.7. The Morgan fingerprint density at radius 2 is 1.94 bits per heavy atom. The quantitative estimate of drug-likeness (QED) is 0.388. The van der Waals surface area contributed by atoms with Crippen LogP contribution in [0.1, 0.15) is 0 Å². The standard InChI is InChI=1S/C8H6Cl2N4O4/c9-8(10)4-11-12-6-2-1-5(13(15)16)3-7(6)14(17)18/h1-4,8,12H/b11-4-. The predicted molar refractivity (Wildman–Crippen MR) is 67.4 cm³/mol. The van der Waals surface area contributed by atoms with Crippen LogP contribution in [0, 0.1) is 20.2 Å². The molecule has 0 fully saturated rings. The van der Waals surface area contributed by atoms with Crippen molar-refractivity contribution in [2.24, 2.45) is 5.10 Å². The van der Waals surface area contributed by atoms with E-state index in [0.29, 0.717) is 0 Å². The molecule has 0 bridgehead atoms. The maximum atomic E-state index is 10.7. The van der Waals surface area contributed by atoms with Crippen molar-refractivity contribution >= 4 is 46.5 Å². The molecule has 96 valence electrons. The number of nitro groups is 2. The number of hydrogen-bond acceptors (Lipinski definition) is 6. The van der Waals surface area contributed by atoms with Gasteiger partial charge >= 0.3 is 5.69 Å². The normalized spacial score (nSPS) is 10.8. The van der Waals surface area contributed by atoms with E-state index in [-0.39, 0.29) is 11.4 Å². The Labute approximate surface area is 110 Å². The third kappa shape index (κ3) is 3.82. The third-order valence-corrected chi connectivity index (χ3v) is 1.99. The minimum Gasteiger partial charge on any atom is -0.272 e. The van der Waals surface area contributed by atoms with Gasteiger partial charge in [-0.05, 0) is 6.07 Å². The Balaban J connectivity index is 3.04. The fraction of sp³-hybridized carbons (Fsp3) is 0.125. The Morgan fingerprint density at radius 3 is 2.44 bits per heavy atom. The first-order chi connectivity index (χ1) is 8.41. The molecule has 1 aromatic rings. The van der Waals surface area contributed by atoms with Gasteiger partial charge in [0.1, 0.15) is 10.5 Å². The number of anilines is 1. The van der Waals surface area contributed by atoms with E-state index in [9.17, 15) is 20.2 Å². The molecule has 0 saturated carbocycles. The first-order valence-electron chi connectivity index (χ1n) is 4.42. The van der Waals surface area contributed by atoms with E-state index in [4.69, 9.17) is 23.2 Å². The molecule has 0 aliphatic rings. The van der Waals surface area contributed by atoms with Crippen LogP contribution in [-0.2, 0) is 0 Å². The fourth-order valence-corrected chi connectivity index (χ4v) is 1.16. The van der Waals surface area contributed by atoms with E-state index in [1.165, 1.54) is 6.07 Å². The highest BCUT2D eigenvalue weighted by Gasteiger charge is 2.18. The SMILES string of the molecule is O=[N+]([O-])c1ccc(N/N=C\C(Cl)Cl)c([N+](=O)[O-])c1. The van der Waals surface area contributed by atoms with E-state index in [1.807, 2.05) is 0 Å². The van der Waals surface area contributed by atoms with Gasteiger partial charge in [0.15, 0.2) is 0 Å². The maximum Gasteiger partial charge on any atom is 0.301 e. The number of nitro benzene ring substituents is 2. The van der Waals surface area contributed by atoms with Crippen LogP contribution >= 0.6 is 23.2 Å². The third-order valence-electron chi connectivity index (χ3n) is 1.76. The summed E-state index contributed by atoms with van der Waals surface area (Å²) in [5.41, 5.74) is 1.47. The number of nitrogens with zero attached hydrogens (tertiary/aromatic N) is 3. The molecule has 0 radical (unpaired) electrons. The highest BCUT2D eigenvalue weighted by atomic mass is 35.5. The van der Waals surface area contributed by atoms with Crippen LogP contribution in [0.3, 0.4) is 0 Å². The molecular formula is C8H6Cl2N4O4. The summed E-state index contributed by atoms with van der Waals surface area (Å²) in [6, 6.07) is 3.12. The summed E-state index contributed by atoms with van der Waals surface area (Å²) in [6.45, 7) is 0. The Morgan fingerprint density at radius 1 is 1.28 bits per heavy atom. The summed E-state index contributed by atoms with van der Waals surface area (Å²) in [4.78, 5) is 18.9. The molecule has 0 saturated heterocycles. The molecule has 0 aromatic heterocycles. The predicted octanol–water partition coefficient (Wildman–Crippen LogP) is 2.70. The molecule has 0 aliphatic heterocycles. The van der Waals surface area contributed by atoms with Gasteiger partial charge in [-0.15, -0.1) is 0 Å². The second-order valence-electron chi connectivity index (χ2n) is 2.94. The summed E-state index contributed by atoms with van der Waals surface area (Å²) >= 11 is 10.7. The maximum absolute atomic E-state index is 10.7. The number of benzene rings is 1. The van der Waals surface area contributed by atoms with Gasteiger partial charge < -0.3 is 0 Å². The summed E-state index contributed by atoms with van der Waals surface area (Å²) in [5, 5.41) is 24.8. The highest BCUT2D eigenvalue weighted by molar-refractivity contribution is 6.51. The molecule has 0 spiro atoms. The van der Waals surface area contributed by atoms with Gasteiger partial charge in [0.2, 0.25) is 0 Å². The summed E-state index contributed by atoms with van der Waals surface area (Å²) in [5.74, 6) is 0. The number of hydrogen-bond donors (Lipinski definition) is 1. The van der Waals surface area contributed by atoms with Crippen LogP contribution in [0.5, 0.6) is 0 Å². The molecular weight excluding hydrogens is 287 g/mol. The molecule has 0 aliphatic carbocycles. The van der Waals surface area contributed by atoms with Crippen molar-refractivity contribution in [1.29, 1.82) is 0 Å². The number of rotatable bonds is 5. The Kier molecular flexibility index (Phi) is 4.81. The van der Waals surface area contributed by atoms with Crippen molar-refractivity contribution in [3.63, 3.8) is 0 Å². The van der Waals surface area contributed by atoms with Crippen LogP contribution < -0.4 is 5.43 Å². The van der Waals surface area contributed by atoms with Crippen molar-refractivity contribution in [2.45, 2.75) is 4.84 Å². The lowest BCUT2D eigenvalue weighted by atomic mass is 10.2. The fourth-order valence-electron chi connectivity index (χ4n) is 1.04. The minimum absolute atomic E-state index is 0.00386. The Bertz CT molecular complexity index is 506. The van der Waals surface area contributed by atoms with Gasteiger partial charge in [0, 0.05) is 6.07 Å². The number of non-ortho nitro benzene ring substituents is 1. The van der Waals surface area contributed by atoms with Crippen molar-refractivity contribution in [1.82, 2.24) is 0 Å². The number of hydrazone groups is 1. The lowest BCUT2D eigenvalue weighted by Crippen LogP contribution is -1.99. The Hall–Kier alpha value is -1.93. The smallest absolute Gasteiger partial charge is 0.272 e. The molecule has 10 heteroatoms. The van der Waals surface area contributed by atoms with Crippen molar-refractivity contribution < 1.29 is 9.85 Å². The van der Waals surface area contributed by atoms with Gasteiger partial charge in [-0.1, -0.05) is 23.2 Å². The average Bonchev–Trinajstić information content (AvgIpc) is 2.28. The number of alkyl halides is 2. The minimum atomic E-state index is -0.866. The topological polar surface area (TPSA) is 111 Å². The monoisotopic (exact) mass is 292 g/mol. The van der Waals surface area contributed by atoms with Crippen LogP contribution in [0.25, 0.3) is 0 Å². The number of halogens is 2. The second-order valence-corrected chi connectivity index (χ2v) is 4.10. The van der Waals surface area contributed by atoms with Crippen LogP contribution in [0.15, 0.2) is 23.3 Å². The van der Waals surface area contributed by atoms with E-state index in [1.54, 1.807) is 0 Å². The highest BCUT2D eigenvalue weighted by Crippen LogP contribution is 2.28. The second kappa shape index (κ2) is 6.12. The zero-order valence-electron chi connectivity index (χ0n) is 8.62. The van der Waals surface area contributed by atoms with E-state index >= 15 is 0 Å². The van der Waals surface area contributed by atoms with E-state index in [2.05, 4.69) is 10.5 Å². The average molecular weight is 293 g/mol. The van der Waals surface area contributed by atoms with Crippen molar-refractivity contribution in [3.05, 3.63) is 38.4 Å². The van der Waals surface area contributed by atoms with Gasteiger partial charge in [0.25, 0.3) is 5.69 Å². The molecule has 0 heterocycles. The van der Waals surface area contributed by atoms with E-state index in [0.717, 1.165) is 18.3 Å².